The first-order valence-corrected chi connectivity index (χ1v) is 7.91. The maximum Gasteiger partial charge on any atom is 0.418 e. The third-order valence-corrected chi connectivity index (χ3v) is 3.87. The number of benzene rings is 1. The van der Waals surface area contributed by atoms with E-state index in [4.69, 9.17) is 16.3 Å². The Morgan fingerprint density at radius 3 is 2.58 bits per heavy atom. The molecule has 0 radical (unpaired) electrons. The highest BCUT2D eigenvalue weighted by molar-refractivity contribution is 7.08. The predicted octanol–water partition coefficient (Wildman–Crippen LogP) is 4.60. The Kier molecular flexibility index (Phi) is 5.51. The number of anilines is 1. The highest BCUT2D eigenvalue weighted by atomic mass is 35.5. The fourth-order valence-corrected chi connectivity index (χ4v) is 2.55. The maximum absolute atomic E-state index is 13.0. The Hall–Kier alpha value is -2.06. The molecule has 0 aliphatic heterocycles. The maximum atomic E-state index is 13.0. The van der Waals surface area contributed by atoms with Gasteiger partial charge >= 0.3 is 12.1 Å². The van der Waals surface area contributed by atoms with Crippen molar-refractivity contribution in [1.29, 1.82) is 0 Å². The number of amides is 1. The van der Waals surface area contributed by atoms with Gasteiger partial charge in [-0.25, -0.2) is 4.79 Å². The minimum atomic E-state index is -4.69. The standard InChI is InChI=1S/C15H11ClF3NO3S/c1-8(23-14(22)9-4-5-24-7-9)13(21)20-12-3-2-10(16)6-11(12)15(17,18)19/h2-8H,1H3,(H,20,21). The molecule has 9 heteroatoms. The van der Waals surface area contributed by atoms with Gasteiger partial charge < -0.3 is 10.1 Å². The van der Waals surface area contributed by atoms with Gasteiger partial charge in [0, 0.05) is 10.4 Å². The van der Waals surface area contributed by atoms with Gasteiger partial charge in [0.25, 0.3) is 5.91 Å². The third kappa shape index (κ3) is 4.48. The molecule has 1 heterocycles. The lowest BCUT2D eigenvalue weighted by molar-refractivity contribution is -0.137. The van der Waals surface area contributed by atoms with Crippen molar-refractivity contribution in [1.82, 2.24) is 0 Å². The van der Waals surface area contributed by atoms with Crippen molar-refractivity contribution < 1.29 is 27.5 Å². The lowest BCUT2D eigenvalue weighted by Crippen LogP contribution is -2.30. The van der Waals surface area contributed by atoms with Crippen molar-refractivity contribution in [2.24, 2.45) is 0 Å². The van der Waals surface area contributed by atoms with E-state index in [-0.39, 0.29) is 10.6 Å². The minimum Gasteiger partial charge on any atom is -0.449 e. The van der Waals surface area contributed by atoms with E-state index in [9.17, 15) is 22.8 Å². The van der Waals surface area contributed by atoms with Crippen LogP contribution in [0.25, 0.3) is 0 Å². The SMILES string of the molecule is CC(OC(=O)c1ccsc1)C(=O)Nc1ccc(Cl)cc1C(F)(F)F. The molecular weight excluding hydrogens is 367 g/mol. The molecule has 2 aromatic rings. The van der Waals surface area contributed by atoms with E-state index in [1.807, 2.05) is 0 Å². The Bertz CT molecular complexity index is 747. The van der Waals surface area contributed by atoms with Crippen molar-refractivity contribution in [2.45, 2.75) is 19.2 Å². The number of carbonyl (C=O) groups is 2. The van der Waals surface area contributed by atoms with E-state index in [0.717, 1.165) is 6.07 Å². The summed E-state index contributed by atoms with van der Waals surface area (Å²) in [5.41, 5.74) is -1.28. The number of halogens is 4. The molecule has 128 valence electrons. The van der Waals surface area contributed by atoms with Crippen LogP contribution in [0.4, 0.5) is 18.9 Å². The summed E-state index contributed by atoms with van der Waals surface area (Å²) in [7, 11) is 0. The number of ether oxygens (including phenoxy) is 1. The van der Waals surface area contributed by atoms with Crippen LogP contribution < -0.4 is 5.32 Å². The van der Waals surface area contributed by atoms with Crippen molar-refractivity contribution >= 4 is 40.5 Å². The van der Waals surface area contributed by atoms with Crippen molar-refractivity contribution in [3.8, 4) is 0 Å². The molecule has 0 spiro atoms. The molecule has 1 unspecified atom stereocenters. The largest absolute Gasteiger partial charge is 0.449 e. The summed E-state index contributed by atoms with van der Waals surface area (Å²) in [6, 6.07) is 4.47. The molecule has 4 nitrogen and oxygen atoms in total. The second kappa shape index (κ2) is 7.23. The first kappa shape index (κ1) is 18.3. The summed E-state index contributed by atoms with van der Waals surface area (Å²) >= 11 is 6.84. The topological polar surface area (TPSA) is 55.4 Å². The van der Waals surface area contributed by atoms with Crippen LogP contribution in [0.2, 0.25) is 5.02 Å². The Labute approximate surface area is 144 Å². The molecule has 0 fully saturated rings. The summed E-state index contributed by atoms with van der Waals surface area (Å²) < 4.78 is 43.9. The zero-order chi connectivity index (χ0) is 17.9. The Balaban J connectivity index is 2.10. The normalized spacial score (nSPS) is 12.5. The molecule has 1 aromatic carbocycles. The zero-order valence-corrected chi connectivity index (χ0v) is 13.8. The highest BCUT2D eigenvalue weighted by Crippen LogP contribution is 2.36. The van der Waals surface area contributed by atoms with Crippen molar-refractivity contribution in [3.63, 3.8) is 0 Å². The zero-order valence-electron chi connectivity index (χ0n) is 12.2. The van der Waals surface area contributed by atoms with Gasteiger partial charge in [0.05, 0.1) is 16.8 Å². The first-order valence-electron chi connectivity index (χ1n) is 6.59. The van der Waals surface area contributed by atoms with E-state index < -0.39 is 35.4 Å². The first-order chi connectivity index (χ1) is 11.2. The fraction of sp³-hybridized carbons (Fsp3) is 0.200. The summed E-state index contributed by atoms with van der Waals surface area (Å²) in [5.74, 6) is -1.61. The summed E-state index contributed by atoms with van der Waals surface area (Å²) in [6.07, 6.45) is -5.96. The van der Waals surface area contributed by atoms with Gasteiger partial charge in [-0.05, 0) is 36.6 Å². The average Bonchev–Trinajstić information content (AvgIpc) is 3.02. The number of hydrogen-bond donors (Lipinski definition) is 1. The van der Waals surface area contributed by atoms with Gasteiger partial charge in [-0.2, -0.15) is 24.5 Å². The van der Waals surface area contributed by atoms with Crippen LogP contribution >= 0.6 is 22.9 Å². The lowest BCUT2D eigenvalue weighted by atomic mass is 10.1. The van der Waals surface area contributed by atoms with Gasteiger partial charge in [-0.15, -0.1) is 0 Å². The Morgan fingerprint density at radius 2 is 2.00 bits per heavy atom. The average molecular weight is 378 g/mol. The van der Waals surface area contributed by atoms with Gasteiger partial charge in [-0.3, -0.25) is 4.79 Å². The van der Waals surface area contributed by atoms with E-state index >= 15 is 0 Å². The molecule has 1 atom stereocenters. The minimum absolute atomic E-state index is 0.114. The quantitative estimate of drug-likeness (QED) is 0.792. The third-order valence-electron chi connectivity index (χ3n) is 2.95. The van der Waals surface area contributed by atoms with Crippen molar-refractivity contribution in [3.05, 3.63) is 51.2 Å². The molecule has 0 aliphatic carbocycles. The van der Waals surface area contributed by atoms with Crippen molar-refractivity contribution in [2.75, 3.05) is 5.32 Å². The molecule has 0 aliphatic rings. The molecule has 2 rings (SSSR count). The number of rotatable bonds is 4. The molecule has 1 aromatic heterocycles. The molecule has 1 amide bonds. The molecule has 0 saturated carbocycles. The van der Waals surface area contributed by atoms with Gasteiger partial charge in [0.1, 0.15) is 0 Å². The molecule has 0 bridgehead atoms. The monoisotopic (exact) mass is 377 g/mol. The van der Waals surface area contributed by atoms with Crippen LogP contribution in [0, 0.1) is 0 Å². The van der Waals surface area contributed by atoms with Crippen LogP contribution in [0.1, 0.15) is 22.8 Å². The molecular formula is C15H11ClF3NO3S. The fourth-order valence-electron chi connectivity index (χ4n) is 1.76. The van der Waals surface area contributed by atoms with E-state index in [2.05, 4.69) is 5.32 Å². The van der Waals surface area contributed by atoms with Gasteiger partial charge in [0.2, 0.25) is 0 Å². The van der Waals surface area contributed by atoms with Crippen LogP contribution in [0.5, 0.6) is 0 Å². The van der Waals surface area contributed by atoms with E-state index in [1.54, 1.807) is 5.38 Å². The van der Waals surface area contributed by atoms with Crippen LogP contribution in [-0.4, -0.2) is 18.0 Å². The number of esters is 1. The van der Waals surface area contributed by atoms with Gasteiger partial charge in [-0.1, -0.05) is 11.6 Å². The number of carbonyl (C=O) groups excluding carboxylic acids is 2. The number of hydrogen-bond acceptors (Lipinski definition) is 4. The number of nitrogens with one attached hydrogen (secondary N) is 1. The van der Waals surface area contributed by atoms with Crippen LogP contribution in [-0.2, 0) is 15.7 Å². The summed E-state index contributed by atoms with van der Waals surface area (Å²) in [5, 5.41) is 5.18. The van der Waals surface area contributed by atoms with Crippen LogP contribution in [0.15, 0.2) is 35.0 Å². The summed E-state index contributed by atoms with van der Waals surface area (Å²) in [6.45, 7) is 1.27. The van der Waals surface area contributed by atoms with E-state index in [0.29, 0.717) is 6.07 Å². The van der Waals surface area contributed by atoms with Crippen LogP contribution in [0.3, 0.4) is 0 Å². The number of alkyl halides is 3. The lowest BCUT2D eigenvalue weighted by Gasteiger charge is -2.17. The predicted molar refractivity (Wildman–Crippen MR) is 84.3 cm³/mol. The Morgan fingerprint density at radius 1 is 1.29 bits per heavy atom. The van der Waals surface area contributed by atoms with Gasteiger partial charge in [0.15, 0.2) is 6.10 Å². The van der Waals surface area contributed by atoms with E-state index in [1.165, 1.54) is 35.8 Å². The summed E-state index contributed by atoms with van der Waals surface area (Å²) in [4.78, 5) is 23.7. The highest BCUT2D eigenvalue weighted by Gasteiger charge is 2.34. The smallest absolute Gasteiger partial charge is 0.418 e. The molecule has 24 heavy (non-hydrogen) atoms. The second-order valence-electron chi connectivity index (χ2n) is 4.74. The molecule has 1 N–H and O–H groups in total. The number of thiophene rings is 1. The second-order valence-corrected chi connectivity index (χ2v) is 5.95. The molecule has 0 saturated heterocycles.